The molecule has 2 rings (SSSR count). The van der Waals surface area contributed by atoms with Crippen molar-refractivity contribution in [2.24, 2.45) is 5.92 Å². The van der Waals surface area contributed by atoms with Gasteiger partial charge in [0.25, 0.3) is 0 Å². The summed E-state index contributed by atoms with van der Waals surface area (Å²) < 4.78 is 30.4. The van der Waals surface area contributed by atoms with Crippen molar-refractivity contribution < 1.29 is 13.5 Å². The Morgan fingerprint density at radius 1 is 1.33 bits per heavy atom. The predicted molar refractivity (Wildman–Crippen MR) is 83.7 cm³/mol. The lowest BCUT2D eigenvalue weighted by atomic mass is 9.83. The highest BCUT2D eigenvalue weighted by molar-refractivity contribution is 9.10. The predicted octanol–water partition coefficient (Wildman–Crippen LogP) is 5.11. The number of hydrogen-bond donors (Lipinski definition) is 1. The van der Waals surface area contributed by atoms with Crippen LogP contribution in [0.5, 0.6) is 5.75 Å². The van der Waals surface area contributed by atoms with Crippen LogP contribution >= 0.6 is 15.9 Å². The zero-order chi connectivity index (χ0) is 15.2. The zero-order valence-corrected chi connectivity index (χ0v) is 13.8. The van der Waals surface area contributed by atoms with E-state index in [1.54, 1.807) is 12.1 Å². The Morgan fingerprint density at radius 3 is 2.81 bits per heavy atom. The average Bonchev–Trinajstić information content (AvgIpc) is 2.47. The summed E-state index contributed by atoms with van der Waals surface area (Å²) in [5.74, 6) is 0.940. The van der Waals surface area contributed by atoms with Gasteiger partial charge in [0, 0.05) is 22.6 Å². The van der Waals surface area contributed by atoms with Crippen LogP contribution < -0.4 is 10.1 Å². The van der Waals surface area contributed by atoms with E-state index in [-0.39, 0.29) is 5.75 Å². The minimum Gasteiger partial charge on any atom is -0.434 e. The molecule has 1 fully saturated rings. The quantitative estimate of drug-likeness (QED) is 0.759. The summed E-state index contributed by atoms with van der Waals surface area (Å²) in [6.07, 6.45) is 6.13. The first-order valence-electron chi connectivity index (χ1n) is 7.56. The average molecular weight is 362 g/mol. The highest BCUT2D eigenvalue weighted by Crippen LogP contribution is 2.29. The van der Waals surface area contributed by atoms with Gasteiger partial charge in [-0.05, 0) is 37.0 Å². The summed E-state index contributed by atoms with van der Waals surface area (Å²) in [5.41, 5.74) is 0.769. The maximum Gasteiger partial charge on any atom is 0.387 e. The molecule has 1 aliphatic carbocycles. The van der Waals surface area contributed by atoms with Crippen molar-refractivity contribution >= 4 is 15.9 Å². The van der Waals surface area contributed by atoms with Gasteiger partial charge in [0.2, 0.25) is 0 Å². The number of benzene rings is 1. The van der Waals surface area contributed by atoms with E-state index in [4.69, 9.17) is 0 Å². The maximum absolute atomic E-state index is 12.5. The first-order valence-corrected chi connectivity index (χ1v) is 8.36. The van der Waals surface area contributed by atoms with E-state index in [1.165, 1.54) is 19.3 Å². The molecule has 2 unspecified atom stereocenters. The fourth-order valence-electron chi connectivity index (χ4n) is 3.10. The van der Waals surface area contributed by atoms with Crippen molar-refractivity contribution in [2.45, 2.75) is 58.2 Å². The summed E-state index contributed by atoms with van der Waals surface area (Å²) in [6.45, 7) is -0.0133. The van der Waals surface area contributed by atoms with Crippen LogP contribution in [0.3, 0.4) is 0 Å². The second-order valence-electron chi connectivity index (χ2n) is 5.57. The van der Waals surface area contributed by atoms with E-state index in [0.29, 0.717) is 18.5 Å². The van der Waals surface area contributed by atoms with E-state index < -0.39 is 6.61 Å². The summed E-state index contributed by atoms with van der Waals surface area (Å²) in [6, 6.07) is 5.62. The van der Waals surface area contributed by atoms with Crippen molar-refractivity contribution in [1.29, 1.82) is 0 Å². The molecule has 0 aliphatic heterocycles. The third-order valence-corrected chi connectivity index (χ3v) is 4.72. The van der Waals surface area contributed by atoms with Crippen molar-refractivity contribution in [1.82, 2.24) is 5.32 Å². The fourth-order valence-corrected chi connectivity index (χ4v) is 3.51. The molecule has 0 heterocycles. The van der Waals surface area contributed by atoms with E-state index in [2.05, 4.69) is 32.9 Å². The Kier molecular flexibility index (Phi) is 6.42. The SMILES string of the molecule is CCC1CCCCC1NCc1cc(Br)ccc1OC(F)F. The van der Waals surface area contributed by atoms with Crippen LogP contribution in [0.2, 0.25) is 0 Å². The molecule has 1 N–H and O–H groups in total. The van der Waals surface area contributed by atoms with Crippen molar-refractivity contribution in [3.63, 3.8) is 0 Å². The van der Waals surface area contributed by atoms with Gasteiger partial charge in [0.05, 0.1) is 0 Å². The third kappa shape index (κ3) is 4.92. The number of hydrogen-bond acceptors (Lipinski definition) is 2. The fraction of sp³-hybridized carbons (Fsp3) is 0.625. The van der Waals surface area contributed by atoms with Gasteiger partial charge >= 0.3 is 6.61 Å². The van der Waals surface area contributed by atoms with Crippen LogP contribution in [0, 0.1) is 5.92 Å². The molecule has 0 saturated heterocycles. The smallest absolute Gasteiger partial charge is 0.387 e. The van der Waals surface area contributed by atoms with E-state index >= 15 is 0 Å². The Hall–Kier alpha value is -0.680. The van der Waals surface area contributed by atoms with Crippen LogP contribution in [-0.4, -0.2) is 12.7 Å². The lowest BCUT2D eigenvalue weighted by Crippen LogP contribution is -2.37. The molecule has 0 amide bonds. The maximum atomic E-state index is 12.5. The van der Waals surface area contributed by atoms with E-state index in [9.17, 15) is 8.78 Å². The molecule has 0 radical (unpaired) electrons. The van der Waals surface area contributed by atoms with Crippen LogP contribution in [0.15, 0.2) is 22.7 Å². The second-order valence-corrected chi connectivity index (χ2v) is 6.49. The summed E-state index contributed by atoms with van der Waals surface area (Å²) in [4.78, 5) is 0. The van der Waals surface area contributed by atoms with Gasteiger partial charge in [-0.3, -0.25) is 0 Å². The number of halogens is 3. The molecule has 21 heavy (non-hydrogen) atoms. The summed E-state index contributed by atoms with van der Waals surface area (Å²) >= 11 is 3.38. The number of nitrogens with one attached hydrogen (secondary N) is 1. The molecule has 1 aromatic rings. The summed E-state index contributed by atoms with van der Waals surface area (Å²) in [7, 11) is 0. The lowest BCUT2D eigenvalue weighted by Gasteiger charge is -2.32. The van der Waals surface area contributed by atoms with Gasteiger partial charge in [-0.2, -0.15) is 8.78 Å². The lowest BCUT2D eigenvalue weighted by molar-refractivity contribution is -0.0505. The first-order chi connectivity index (χ1) is 10.1. The molecule has 0 spiro atoms. The third-order valence-electron chi connectivity index (χ3n) is 4.23. The first kappa shape index (κ1) is 16.7. The Labute approximate surface area is 133 Å². The Balaban J connectivity index is 2.02. The largest absolute Gasteiger partial charge is 0.434 e. The van der Waals surface area contributed by atoms with Crippen molar-refractivity contribution in [2.75, 3.05) is 0 Å². The minimum atomic E-state index is -2.79. The topological polar surface area (TPSA) is 21.3 Å². The normalized spacial score (nSPS) is 22.5. The monoisotopic (exact) mass is 361 g/mol. The van der Waals surface area contributed by atoms with Crippen LogP contribution in [0.4, 0.5) is 8.78 Å². The Bertz CT molecular complexity index is 456. The van der Waals surface area contributed by atoms with Gasteiger partial charge in [-0.25, -0.2) is 0 Å². The molecule has 1 aromatic carbocycles. The standard InChI is InChI=1S/C16H22BrF2NO/c1-2-11-5-3-4-6-14(11)20-10-12-9-13(17)7-8-15(12)21-16(18)19/h7-9,11,14,16,20H,2-6,10H2,1H3. The minimum absolute atomic E-state index is 0.254. The van der Waals surface area contributed by atoms with E-state index in [1.807, 2.05) is 6.07 Å². The number of rotatable bonds is 6. The molecule has 1 saturated carbocycles. The highest BCUT2D eigenvalue weighted by Gasteiger charge is 2.23. The molecule has 1 aliphatic rings. The molecule has 0 aromatic heterocycles. The van der Waals surface area contributed by atoms with Crippen molar-refractivity contribution in [3.8, 4) is 5.75 Å². The zero-order valence-electron chi connectivity index (χ0n) is 12.2. The van der Waals surface area contributed by atoms with Gasteiger partial charge in [-0.1, -0.05) is 42.1 Å². The number of alkyl halides is 2. The Morgan fingerprint density at radius 2 is 2.10 bits per heavy atom. The molecular formula is C16H22BrF2NO. The van der Waals surface area contributed by atoms with E-state index in [0.717, 1.165) is 22.9 Å². The summed E-state index contributed by atoms with van der Waals surface area (Å²) in [5, 5.41) is 3.53. The van der Waals surface area contributed by atoms with Gasteiger partial charge in [0.1, 0.15) is 5.75 Å². The molecular weight excluding hydrogens is 340 g/mol. The van der Waals surface area contributed by atoms with Gasteiger partial charge in [0.15, 0.2) is 0 Å². The van der Waals surface area contributed by atoms with Crippen molar-refractivity contribution in [3.05, 3.63) is 28.2 Å². The second kappa shape index (κ2) is 8.08. The van der Waals surface area contributed by atoms with Crippen LogP contribution in [0.25, 0.3) is 0 Å². The molecule has 118 valence electrons. The van der Waals surface area contributed by atoms with Crippen LogP contribution in [0.1, 0.15) is 44.6 Å². The van der Waals surface area contributed by atoms with Gasteiger partial charge in [-0.15, -0.1) is 0 Å². The van der Waals surface area contributed by atoms with Crippen LogP contribution in [-0.2, 0) is 6.54 Å². The molecule has 2 nitrogen and oxygen atoms in total. The van der Waals surface area contributed by atoms with Gasteiger partial charge < -0.3 is 10.1 Å². The molecule has 2 atom stereocenters. The molecule has 0 bridgehead atoms. The number of ether oxygens (including phenoxy) is 1. The molecule has 5 heteroatoms. The highest BCUT2D eigenvalue weighted by atomic mass is 79.9.